The minimum Gasteiger partial charge on any atom is -0.497 e. The number of ether oxygens (including phenoxy) is 1. The van der Waals surface area contributed by atoms with Crippen LogP contribution in [0.3, 0.4) is 0 Å². The van der Waals surface area contributed by atoms with Crippen molar-refractivity contribution in [2.24, 2.45) is 0 Å². The van der Waals surface area contributed by atoms with E-state index in [9.17, 15) is 10.1 Å². The fourth-order valence-corrected chi connectivity index (χ4v) is 2.54. The van der Waals surface area contributed by atoms with Crippen molar-refractivity contribution in [3.8, 4) is 5.75 Å². The summed E-state index contributed by atoms with van der Waals surface area (Å²) in [7, 11) is 3.28. The van der Waals surface area contributed by atoms with Gasteiger partial charge in [-0.25, -0.2) is 0 Å². The summed E-state index contributed by atoms with van der Waals surface area (Å²) in [5, 5.41) is 13.9. The van der Waals surface area contributed by atoms with Gasteiger partial charge >= 0.3 is 0 Å². The van der Waals surface area contributed by atoms with Crippen molar-refractivity contribution < 1.29 is 9.66 Å². The van der Waals surface area contributed by atoms with Crippen LogP contribution in [0.15, 0.2) is 40.9 Å². The lowest BCUT2D eigenvalue weighted by atomic mass is 10.0. The smallest absolute Gasteiger partial charge is 0.292 e. The normalized spacial score (nSPS) is 10.2. The molecule has 0 aliphatic rings. The number of halogens is 1. The number of nitrogens with zero attached hydrogens (tertiary/aromatic N) is 1. The Bertz CT molecular complexity index is 657. The molecular formula is C15H15BrN2O3. The summed E-state index contributed by atoms with van der Waals surface area (Å²) >= 11 is 3.47. The monoisotopic (exact) mass is 350 g/mol. The van der Waals surface area contributed by atoms with Crippen LogP contribution < -0.4 is 10.1 Å². The molecule has 0 saturated heterocycles. The molecule has 5 nitrogen and oxygen atoms in total. The number of hydrogen-bond donors (Lipinski definition) is 1. The van der Waals surface area contributed by atoms with E-state index in [1.54, 1.807) is 26.3 Å². The molecule has 0 unspecified atom stereocenters. The summed E-state index contributed by atoms with van der Waals surface area (Å²) in [6, 6.07) is 11.0. The summed E-state index contributed by atoms with van der Waals surface area (Å²) in [6.45, 7) is 0. The molecule has 0 radical (unpaired) electrons. The van der Waals surface area contributed by atoms with E-state index in [1.807, 2.05) is 24.3 Å². The highest BCUT2D eigenvalue weighted by Gasteiger charge is 2.16. The van der Waals surface area contributed by atoms with Crippen molar-refractivity contribution >= 4 is 27.3 Å². The van der Waals surface area contributed by atoms with Gasteiger partial charge in [-0.1, -0.05) is 28.1 Å². The highest BCUT2D eigenvalue weighted by molar-refractivity contribution is 9.10. The molecule has 0 aliphatic heterocycles. The third-order valence-corrected chi connectivity index (χ3v) is 3.92. The molecule has 0 aliphatic carbocycles. The first kappa shape index (κ1) is 15.3. The number of methoxy groups -OCH3 is 1. The average Bonchev–Trinajstić information content (AvgIpc) is 2.49. The Morgan fingerprint density at radius 2 is 1.95 bits per heavy atom. The second-order valence-electron chi connectivity index (χ2n) is 4.49. The van der Waals surface area contributed by atoms with E-state index in [4.69, 9.17) is 4.74 Å². The first-order chi connectivity index (χ1) is 10.0. The molecule has 2 aromatic rings. The molecule has 21 heavy (non-hydrogen) atoms. The molecule has 0 bridgehead atoms. The third kappa shape index (κ3) is 3.52. The van der Waals surface area contributed by atoms with Gasteiger partial charge < -0.3 is 10.1 Å². The number of rotatable bonds is 5. The molecule has 2 rings (SSSR count). The van der Waals surface area contributed by atoms with Crippen LogP contribution in [0, 0.1) is 10.1 Å². The Balaban J connectivity index is 2.34. The number of nitro groups is 1. The van der Waals surface area contributed by atoms with Gasteiger partial charge in [-0.2, -0.15) is 0 Å². The van der Waals surface area contributed by atoms with Crippen LogP contribution in [0.1, 0.15) is 11.1 Å². The molecule has 6 heteroatoms. The molecule has 2 aromatic carbocycles. The molecular weight excluding hydrogens is 336 g/mol. The maximum Gasteiger partial charge on any atom is 0.292 e. The van der Waals surface area contributed by atoms with Crippen LogP contribution in [-0.2, 0) is 6.42 Å². The van der Waals surface area contributed by atoms with Crippen molar-refractivity contribution in [2.75, 3.05) is 19.5 Å². The Labute approximate surface area is 131 Å². The van der Waals surface area contributed by atoms with Gasteiger partial charge in [-0.15, -0.1) is 0 Å². The van der Waals surface area contributed by atoms with E-state index in [1.165, 1.54) is 0 Å². The minimum atomic E-state index is -0.379. The summed E-state index contributed by atoms with van der Waals surface area (Å²) < 4.78 is 5.96. The highest BCUT2D eigenvalue weighted by Crippen LogP contribution is 2.32. The second kappa shape index (κ2) is 6.58. The van der Waals surface area contributed by atoms with Gasteiger partial charge in [0, 0.05) is 17.6 Å². The second-order valence-corrected chi connectivity index (χ2v) is 5.35. The Morgan fingerprint density at radius 3 is 2.48 bits per heavy atom. The van der Waals surface area contributed by atoms with E-state index in [2.05, 4.69) is 21.2 Å². The van der Waals surface area contributed by atoms with Crippen molar-refractivity contribution in [3.05, 3.63) is 62.1 Å². The Kier molecular flexibility index (Phi) is 4.80. The van der Waals surface area contributed by atoms with Gasteiger partial charge in [0.2, 0.25) is 0 Å². The van der Waals surface area contributed by atoms with Gasteiger partial charge in [-0.3, -0.25) is 10.1 Å². The van der Waals surface area contributed by atoms with E-state index in [-0.39, 0.29) is 10.6 Å². The zero-order valence-corrected chi connectivity index (χ0v) is 13.3. The van der Waals surface area contributed by atoms with Crippen LogP contribution >= 0.6 is 15.9 Å². The highest BCUT2D eigenvalue weighted by atomic mass is 79.9. The lowest BCUT2D eigenvalue weighted by molar-refractivity contribution is -0.384. The fourth-order valence-electron chi connectivity index (χ4n) is 2.06. The van der Waals surface area contributed by atoms with E-state index < -0.39 is 0 Å². The quantitative estimate of drug-likeness (QED) is 0.653. The van der Waals surface area contributed by atoms with E-state index in [0.29, 0.717) is 12.1 Å². The molecule has 0 spiro atoms. The van der Waals surface area contributed by atoms with E-state index in [0.717, 1.165) is 21.3 Å². The predicted molar refractivity (Wildman–Crippen MR) is 86.1 cm³/mol. The van der Waals surface area contributed by atoms with E-state index >= 15 is 0 Å². The van der Waals surface area contributed by atoms with Crippen LogP contribution in [0.2, 0.25) is 0 Å². The topological polar surface area (TPSA) is 64.4 Å². The number of nitro benzene ring substituents is 1. The van der Waals surface area contributed by atoms with Crippen LogP contribution in [-0.4, -0.2) is 19.1 Å². The molecule has 1 N–H and O–H groups in total. The molecule has 0 atom stereocenters. The van der Waals surface area contributed by atoms with Crippen molar-refractivity contribution in [2.45, 2.75) is 6.42 Å². The van der Waals surface area contributed by atoms with Gasteiger partial charge in [0.05, 0.1) is 12.0 Å². The SMILES string of the molecule is CNc1cc(Br)c(Cc2ccc(OC)cc2)cc1[N+](=O)[O-]. The molecule has 0 aromatic heterocycles. The predicted octanol–water partition coefficient (Wildman–Crippen LogP) is 4.00. The fraction of sp³-hybridized carbons (Fsp3) is 0.200. The largest absolute Gasteiger partial charge is 0.497 e. The number of nitrogens with one attached hydrogen (secondary N) is 1. The summed E-state index contributed by atoms with van der Waals surface area (Å²) in [6.07, 6.45) is 0.607. The summed E-state index contributed by atoms with van der Waals surface area (Å²) in [4.78, 5) is 10.7. The lowest BCUT2D eigenvalue weighted by Crippen LogP contribution is -1.99. The van der Waals surface area contributed by atoms with Gasteiger partial charge in [0.25, 0.3) is 5.69 Å². The average molecular weight is 351 g/mol. The van der Waals surface area contributed by atoms with Gasteiger partial charge in [0.15, 0.2) is 0 Å². The number of benzene rings is 2. The molecule has 110 valence electrons. The number of anilines is 1. The summed E-state index contributed by atoms with van der Waals surface area (Å²) in [5.74, 6) is 0.786. The first-order valence-electron chi connectivity index (χ1n) is 6.32. The molecule has 0 heterocycles. The molecule has 0 amide bonds. The first-order valence-corrected chi connectivity index (χ1v) is 7.12. The van der Waals surface area contributed by atoms with Crippen LogP contribution in [0.5, 0.6) is 5.75 Å². The Morgan fingerprint density at radius 1 is 1.29 bits per heavy atom. The third-order valence-electron chi connectivity index (χ3n) is 3.18. The zero-order valence-electron chi connectivity index (χ0n) is 11.7. The van der Waals surface area contributed by atoms with Gasteiger partial charge in [-0.05, 0) is 35.7 Å². The summed E-state index contributed by atoms with van der Waals surface area (Å²) in [5.41, 5.74) is 2.49. The minimum absolute atomic E-state index is 0.0733. The zero-order chi connectivity index (χ0) is 15.4. The molecule has 0 fully saturated rings. The van der Waals surface area contributed by atoms with Gasteiger partial charge in [0.1, 0.15) is 11.4 Å². The lowest BCUT2D eigenvalue weighted by Gasteiger charge is -2.09. The Hall–Kier alpha value is -2.08. The molecule has 0 saturated carbocycles. The standard InChI is InChI=1S/C15H15BrN2O3/c1-17-14-9-13(16)11(8-15(14)18(19)20)7-10-3-5-12(21-2)6-4-10/h3-6,8-9,17H,7H2,1-2H3. The van der Waals surface area contributed by atoms with Crippen molar-refractivity contribution in [1.82, 2.24) is 0 Å². The van der Waals surface area contributed by atoms with Crippen molar-refractivity contribution in [1.29, 1.82) is 0 Å². The van der Waals surface area contributed by atoms with Crippen LogP contribution in [0.25, 0.3) is 0 Å². The van der Waals surface area contributed by atoms with Crippen LogP contribution in [0.4, 0.5) is 11.4 Å². The van der Waals surface area contributed by atoms with Crippen molar-refractivity contribution in [3.63, 3.8) is 0 Å². The number of hydrogen-bond acceptors (Lipinski definition) is 4. The maximum atomic E-state index is 11.1. The maximum absolute atomic E-state index is 11.1.